The number of hydrogen-bond acceptors (Lipinski definition) is 3. The van der Waals surface area contributed by atoms with Gasteiger partial charge in [0, 0.05) is 6.20 Å². The van der Waals surface area contributed by atoms with Crippen molar-refractivity contribution in [2.75, 3.05) is 11.9 Å². The molecule has 1 aromatic heterocycles. The Kier molecular flexibility index (Phi) is 4.78. The van der Waals surface area contributed by atoms with Crippen LogP contribution in [0.2, 0.25) is 0 Å². The van der Waals surface area contributed by atoms with Crippen molar-refractivity contribution in [2.45, 2.75) is 26.3 Å². The third-order valence-corrected chi connectivity index (χ3v) is 2.85. The number of nitrogens with zero attached hydrogens (tertiary/aromatic N) is 1. The van der Waals surface area contributed by atoms with Crippen molar-refractivity contribution in [1.29, 1.82) is 0 Å². The minimum absolute atomic E-state index is 0.146. The van der Waals surface area contributed by atoms with Gasteiger partial charge in [-0.05, 0) is 37.6 Å². The molecule has 2 aromatic rings. The first-order chi connectivity index (χ1) is 9.31. The van der Waals surface area contributed by atoms with Crippen LogP contribution in [0.3, 0.4) is 0 Å². The van der Waals surface area contributed by atoms with Crippen LogP contribution in [0.4, 0.5) is 5.69 Å². The van der Waals surface area contributed by atoms with Gasteiger partial charge in [0.25, 0.3) is 0 Å². The lowest BCUT2D eigenvalue weighted by Gasteiger charge is -2.17. The number of anilines is 1. The van der Waals surface area contributed by atoms with Crippen LogP contribution in [0.15, 0.2) is 48.7 Å². The molecule has 0 bridgehead atoms. The van der Waals surface area contributed by atoms with Gasteiger partial charge in [-0.2, -0.15) is 0 Å². The van der Waals surface area contributed by atoms with Gasteiger partial charge < -0.3 is 10.1 Å². The molecule has 19 heavy (non-hydrogen) atoms. The number of pyridine rings is 1. The first-order valence-electron chi connectivity index (χ1n) is 6.70. The highest BCUT2D eigenvalue weighted by Crippen LogP contribution is 2.27. The summed E-state index contributed by atoms with van der Waals surface area (Å²) in [6.07, 6.45) is 2.82. The van der Waals surface area contributed by atoms with Crippen LogP contribution in [0, 0.1) is 0 Å². The standard InChI is InChI=1S/C16H20N2O/c1-3-12-19-16-10-5-4-9-15(16)18-13(2)14-8-6-7-11-17-14/h4-11,13,18H,3,12H2,1-2H3. The van der Waals surface area contributed by atoms with Crippen LogP contribution in [-0.4, -0.2) is 11.6 Å². The predicted octanol–water partition coefficient (Wildman–Crippen LogP) is 4.04. The Balaban J connectivity index is 2.10. The number of ether oxygens (including phenoxy) is 1. The summed E-state index contributed by atoms with van der Waals surface area (Å²) in [6, 6.07) is 14.1. The molecule has 0 aliphatic carbocycles. The summed E-state index contributed by atoms with van der Waals surface area (Å²) in [6.45, 7) is 4.93. The van der Waals surface area contributed by atoms with Crippen molar-refractivity contribution in [2.24, 2.45) is 0 Å². The predicted molar refractivity (Wildman–Crippen MR) is 78.5 cm³/mol. The van der Waals surface area contributed by atoms with Crippen LogP contribution < -0.4 is 10.1 Å². The van der Waals surface area contributed by atoms with Crippen molar-refractivity contribution in [3.63, 3.8) is 0 Å². The molecule has 0 saturated heterocycles. The summed E-state index contributed by atoms with van der Waals surface area (Å²) in [5.41, 5.74) is 2.03. The van der Waals surface area contributed by atoms with E-state index in [1.165, 1.54) is 0 Å². The second-order valence-electron chi connectivity index (χ2n) is 4.47. The average molecular weight is 256 g/mol. The molecule has 0 aliphatic rings. The Morgan fingerprint density at radius 3 is 2.68 bits per heavy atom. The molecule has 100 valence electrons. The molecule has 1 unspecified atom stereocenters. The van der Waals surface area contributed by atoms with E-state index in [1.54, 1.807) is 0 Å². The largest absolute Gasteiger partial charge is 0.491 e. The summed E-state index contributed by atoms with van der Waals surface area (Å²) in [5, 5.41) is 3.45. The van der Waals surface area contributed by atoms with E-state index in [-0.39, 0.29) is 6.04 Å². The molecule has 3 heteroatoms. The summed E-state index contributed by atoms with van der Waals surface area (Å²) in [4.78, 5) is 4.36. The first kappa shape index (κ1) is 13.4. The SMILES string of the molecule is CCCOc1ccccc1NC(C)c1ccccn1. The van der Waals surface area contributed by atoms with E-state index in [0.717, 1.165) is 30.2 Å². The van der Waals surface area contributed by atoms with Gasteiger partial charge >= 0.3 is 0 Å². The van der Waals surface area contributed by atoms with Gasteiger partial charge in [-0.25, -0.2) is 0 Å². The molecule has 1 atom stereocenters. The highest BCUT2D eigenvalue weighted by Gasteiger charge is 2.09. The van der Waals surface area contributed by atoms with Crippen molar-refractivity contribution >= 4 is 5.69 Å². The number of nitrogens with one attached hydrogen (secondary N) is 1. The maximum atomic E-state index is 5.74. The molecule has 0 amide bonds. The molecule has 3 nitrogen and oxygen atoms in total. The van der Waals surface area contributed by atoms with Gasteiger partial charge in [0.2, 0.25) is 0 Å². The third-order valence-electron chi connectivity index (χ3n) is 2.85. The minimum atomic E-state index is 0.146. The summed E-state index contributed by atoms with van der Waals surface area (Å²) in [7, 11) is 0. The summed E-state index contributed by atoms with van der Waals surface area (Å²) >= 11 is 0. The Morgan fingerprint density at radius 2 is 1.95 bits per heavy atom. The molecule has 0 spiro atoms. The molecule has 1 N–H and O–H groups in total. The van der Waals surface area contributed by atoms with Crippen molar-refractivity contribution in [1.82, 2.24) is 4.98 Å². The van der Waals surface area contributed by atoms with E-state index >= 15 is 0 Å². The minimum Gasteiger partial charge on any atom is -0.491 e. The average Bonchev–Trinajstić information content (AvgIpc) is 2.47. The highest BCUT2D eigenvalue weighted by atomic mass is 16.5. The molecule has 0 aliphatic heterocycles. The quantitative estimate of drug-likeness (QED) is 0.846. The van der Waals surface area contributed by atoms with Gasteiger partial charge in [-0.3, -0.25) is 4.98 Å². The monoisotopic (exact) mass is 256 g/mol. The molecule has 1 aromatic carbocycles. The lowest BCUT2D eigenvalue weighted by Crippen LogP contribution is -2.09. The maximum Gasteiger partial charge on any atom is 0.142 e. The van der Waals surface area contributed by atoms with E-state index in [9.17, 15) is 0 Å². The lowest BCUT2D eigenvalue weighted by atomic mass is 10.2. The maximum absolute atomic E-state index is 5.74. The van der Waals surface area contributed by atoms with Gasteiger partial charge in [-0.15, -0.1) is 0 Å². The van der Waals surface area contributed by atoms with E-state index < -0.39 is 0 Å². The fraction of sp³-hybridized carbons (Fsp3) is 0.312. The zero-order chi connectivity index (χ0) is 13.5. The number of para-hydroxylation sites is 2. The van der Waals surface area contributed by atoms with Crippen LogP contribution in [0.25, 0.3) is 0 Å². The number of rotatable bonds is 6. The third kappa shape index (κ3) is 3.71. The molecule has 0 radical (unpaired) electrons. The Hall–Kier alpha value is -2.03. The van der Waals surface area contributed by atoms with Crippen LogP contribution >= 0.6 is 0 Å². The van der Waals surface area contributed by atoms with Crippen molar-refractivity contribution in [3.05, 3.63) is 54.4 Å². The molecule has 2 rings (SSSR count). The van der Waals surface area contributed by atoms with E-state index in [4.69, 9.17) is 4.74 Å². The molecule has 0 saturated carbocycles. The van der Waals surface area contributed by atoms with E-state index in [1.807, 2.05) is 48.7 Å². The van der Waals surface area contributed by atoms with Crippen molar-refractivity contribution < 1.29 is 4.74 Å². The second-order valence-corrected chi connectivity index (χ2v) is 4.47. The van der Waals surface area contributed by atoms with Gasteiger partial charge in [-0.1, -0.05) is 25.1 Å². The Morgan fingerprint density at radius 1 is 1.16 bits per heavy atom. The number of benzene rings is 1. The van der Waals surface area contributed by atoms with Crippen LogP contribution in [0.5, 0.6) is 5.75 Å². The summed E-state index contributed by atoms with van der Waals surface area (Å²) in [5.74, 6) is 0.895. The highest BCUT2D eigenvalue weighted by molar-refractivity contribution is 5.57. The number of hydrogen-bond donors (Lipinski definition) is 1. The summed E-state index contributed by atoms with van der Waals surface area (Å²) < 4.78 is 5.74. The smallest absolute Gasteiger partial charge is 0.142 e. The zero-order valence-corrected chi connectivity index (χ0v) is 11.5. The van der Waals surface area contributed by atoms with Crippen molar-refractivity contribution in [3.8, 4) is 5.75 Å². The molecular formula is C16H20N2O. The van der Waals surface area contributed by atoms with Gasteiger partial charge in [0.1, 0.15) is 5.75 Å². The fourth-order valence-corrected chi connectivity index (χ4v) is 1.86. The lowest BCUT2D eigenvalue weighted by molar-refractivity contribution is 0.318. The van der Waals surface area contributed by atoms with E-state index in [0.29, 0.717) is 0 Å². The van der Waals surface area contributed by atoms with Crippen LogP contribution in [-0.2, 0) is 0 Å². The van der Waals surface area contributed by atoms with Crippen LogP contribution in [0.1, 0.15) is 32.0 Å². The second kappa shape index (κ2) is 6.78. The number of aromatic nitrogens is 1. The van der Waals surface area contributed by atoms with Gasteiger partial charge in [0.15, 0.2) is 0 Å². The fourth-order valence-electron chi connectivity index (χ4n) is 1.86. The Bertz CT molecular complexity index is 499. The zero-order valence-electron chi connectivity index (χ0n) is 11.5. The molecular weight excluding hydrogens is 236 g/mol. The van der Waals surface area contributed by atoms with E-state index in [2.05, 4.69) is 24.1 Å². The molecule has 0 fully saturated rings. The molecule has 1 heterocycles. The normalized spacial score (nSPS) is 11.9. The Labute approximate surface area is 114 Å². The topological polar surface area (TPSA) is 34.1 Å². The first-order valence-corrected chi connectivity index (χ1v) is 6.70. The van der Waals surface area contributed by atoms with Gasteiger partial charge in [0.05, 0.1) is 24.0 Å².